The van der Waals surface area contributed by atoms with Gasteiger partial charge in [0.15, 0.2) is 0 Å². The first-order chi connectivity index (χ1) is 15.0. The summed E-state index contributed by atoms with van der Waals surface area (Å²) in [4.78, 5) is 34.5. The lowest BCUT2D eigenvalue weighted by atomic mass is 10.0. The normalized spacial score (nSPS) is 12.4. The van der Waals surface area contributed by atoms with Gasteiger partial charge in [-0.05, 0) is 35.4 Å². The lowest BCUT2D eigenvalue weighted by Crippen LogP contribution is -2.50. The topological polar surface area (TPSA) is 149 Å². The molecule has 10 heteroatoms. The molecule has 0 aromatic heterocycles. The zero-order valence-corrected chi connectivity index (χ0v) is 17.1. The maximum atomic E-state index is 12.4. The molecule has 0 aliphatic rings. The number of nitroso groups, excluding NO2 is 1. The third-order valence-corrected chi connectivity index (χ3v) is 4.49. The summed E-state index contributed by atoms with van der Waals surface area (Å²) in [6.07, 6.45) is -0.454. The van der Waals surface area contributed by atoms with Gasteiger partial charge in [0.25, 0.3) is 5.91 Å². The van der Waals surface area contributed by atoms with E-state index in [9.17, 15) is 19.6 Å². The van der Waals surface area contributed by atoms with Crippen LogP contribution in [0.3, 0.4) is 0 Å². The third-order valence-electron chi connectivity index (χ3n) is 4.49. The minimum atomic E-state index is -0.944. The van der Waals surface area contributed by atoms with Crippen LogP contribution in [-0.4, -0.2) is 61.0 Å². The third kappa shape index (κ3) is 7.36. The predicted octanol–water partition coefficient (Wildman–Crippen LogP) is 0.591. The Kier molecular flexibility index (Phi) is 9.40. The molecule has 10 nitrogen and oxygen atoms in total. The molecule has 0 heterocycles. The van der Waals surface area contributed by atoms with Crippen LogP contribution < -0.4 is 20.8 Å². The van der Waals surface area contributed by atoms with Gasteiger partial charge in [-0.1, -0.05) is 24.3 Å². The van der Waals surface area contributed by atoms with Gasteiger partial charge in [-0.15, -0.1) is 4.91 Å². The van der Waals surface area contributed by atoms with Crippen LogP contribution in [0.25, 0.3) is 11.1 Å². The van der Waals surface area contributed by atoms with Crippen molar-refractivity contribution < 1.29 is 24.5 Å². The molecule has 0 saturated carbocycles. The SMILES string of the molecule is CNC(=O)C(CNN=O)NC(=O)c1ccc(-c2ccc(OCCC(O)CO)cc2)cc1. The Morgan fingerprint density at radius 3 is 2.23 bits per heavy atom. The maximum absolute atomic E-state index is 12.4. The predicted molar refractivity (Wildman–Crippen MR) is 114 cm³/mol. The molecule has 0 radical (unpaired) electrons. The van der Waals surface area contributed by atoms with Crippen LogP contribution in [0.5, 0.6) is 5.75 Å². The molecule has 0 aliphatic carbocycles. The van der Waals surface area contributed by atoms with E-state index < -0.39 is 24.0 Å². The zero-order chi connectivity index (χ0) is 22.6. The summed E-state index contributed by atoms with van der Waals surface area (Å²) in [6.45, 7) is -0.129. The molecule has 0 spiro atoms. The van der Waals surface area contributed by atoms with Gasteiger partial charge in [-0.2, -0.15) is 0 Å². The van der Waals surface area contributed by atoms with E-state index >= 15 is 0 Å². The molecule has 0 bridgehead atoms. The Labute approximate surface area is 179 Å². The van der Waals surface area contributed by atoms with Crippen LogP contribution in [-0.2, 0) is 4.79 Å². The molecule has 2 aromatic rings. The number of amides is 2. The highest BCUT2D eigenvalue weighted by Gasteiger charge is 2.20. The van der Waals surface area contributed by atoms with Gasteiger partial charge in [-0.3, -0.25) is 15.0 Å². The first-order valence-corrected chi connectivity index (χ1v) is 9.68. The number of rotatable bonds is 12. The summed E-state index contributed by atoms with van der Waals surface area (Å²) >= 11 is 0. The standard InChI is InChI=1S/C21H26N4O6/c1-22-21(29)19(12-23-25-30)24-20(28)16-4-2-14(3-5-16)15-6-8-18(9-7-15)31-11-10-17(27)13-26/h2-9,17,19,26-27H,10-13H2,1H3,(H,22,29)(H,23,30)(H,24,28). The van der Waals surface area contributed by atoms with Crippen molar-refractivity contribution in [1.82, 2.24) is 16.1 Å². The van der Waals surface area contributed by atoms with Crippen molar-refractivity contribution in [2.45, 2.75) is 18.6 Å². The fourth-order valence-corrected chi connectivity index (χ4v) is 2.72. The molecule has 2 unspecified atom stereocenters. The van der Waals surface area contributed by atoms with E-state index in [1.165, 1.54) is 7.05 Å². The molecule has 2 rings (SSSR count). The maximum Gasteiger partial charge on any atom is 0.251 e. The number of nitrogens with zero attached hydrogens (tertiary/aromatic N) is 1. The molecule has 31 heavy (non-hydrogen) atoms. The second kappa shape index (κ2) is 12.3. The molecule has 2 amide bonds. The number of aliphatic hydroxyl groups excluding tert-OH is 2. The molecule has 2 atom stereocenters. The number of hydrogen-bond acceptors (Lipinski definition) is 7. The number of carbonyl (C=O) groups excluding carboxylic acids is 2. The molecule has 2 aromatic carbocycles. The lowest BCUT2D eigenvalue weighted by Gasteiger charge is -2.16. The molecule has 5 N–H and O–H groups in total. The fourth-order valence-electron chi connectivity index (χ4n) is 2.72. The van der Waals surface area contributed by atoms with E-state index in [0.29, 0.717) is 24.3 Å². The number of benzene rings is 2. The minimum Gasteiger partial charge on any atom is -0.493 e. The number of ether oxygens (including phenoxy) is 1. The summed E-state index contributed by atoms with van der Waals surface area (Å²) in [5.41, 5.74) is 4.30. The lowest BCUT2D eigenvalue weighted by molar-refractivity contribution is -0.122. The van der Waals surface area contributed by atoms with Crippen LogP contribution >= 0.6 is 0 Å². The summed E-state index contributed by atoms with van der Waals surface area (Å²) < 4.78 is 5.53. The Bertz CT molecular complexity index is 857. The summed E-state index contributed by atoms with van der Waals surface area (Å²) in [5, 5.41) is 25.6. The Hall–Kier alpha value is -3.50. The van der Waals surface area contributed by atoms with Crippen molar-refractivity contribution in [2.75, 3.05) is 26.8 Å². The second-order valence-electron chi connectivity index (χ2n) is 6.67. The van der Waals surface area contributed by atoms with Gasteiger partial charge in [0.05, 0.1) is 25.9 Å². The number of hydrogen-bond donors (Lipinski definition) is 5. The molecule has 166 valence electrons. The van der Waals surface area contributed by atoms with Crippen molar-refractivity contribution in [2.24, 2.45) is 5.29 Å². The zero-order valence-electron chi connectivity index (χ0n) is 17.1. The quantitative estimate of drug-likeness (QED) is 0.244. The van der Waals surface area contributed by atoms with Gasteiger partial charge >= 0.3 is 0 Å². The Morgan fingerprint density at radius 2 is 1.68 bits per heavy atom. The molecule has 0 saturated heterocycles. The Morgan fingerprint density at radius 1 is 1.06 bits per heavy atom. The van der Waals surface area contributed by atoms with Crippen molar-refractivity contribution >= 4 is 11.8 Å². The second-order valence-corrected chi connectivity index (χ2v) is 6.67. The molecular weight excluding hydrogens is 404 g/mol. The molecular formula is C21H26N4O6. The highest BCUT2D eigenvalue weighted by molar-refractivity contribution is 5.98. The highest BCUT2D eigenvalue weighted by atomic mass is 16.5. The smallest absolute Gasteiger partial charge is 0.251 e. The van der Waals surface area contributed by atoms with Gasteiger partial charge < -0.3 is 25.6 Å². The van der Waals surface area contributed by atoms with Crippen molar-refractivity contribution in [3.8, 4) is 16.9 Å². The molecule has 0 aliphatic heterocycles. The number of carbonyl (C=O) groups is 2. The van der Waals surface area contributed by atoms with E-state index in [-0.39, 0.29) is 13.2 Å². The van der Waals surface area contributed by atoms with E-state index in [1.807, 2.05) is 12.1 Å². The molecule has 0 fully saturated rings. The van der Waals surface area contributed by atoms with E-state index in [4.69, 9.17) is 9.84 Å². The fraction of sp³-hybridized carbons (Fsp3) is 0.333. The van der Waals surface area contributed by atoms with Crippen molar-refractivity contribution in [3.63, 3.8) is 0 Å². The van der Waals surface area contributed by atoms with Crippen LogP contribution in [0.4, 0.5) is 0 Å². The largest absolute Gasteiger partial charge is 0.493 e. The summed E-state index contributed by atoms with van der Waals surface area (Å²) in [7, 11) is 1.43. The van der Waals surface area contributed by atoms with Crippen molar-refractivity contribution in [1.29, 1.82) is 0 Å². The average Bonchev–Trinajstić information content (AvgIpc) is 2.81. The highest BCUT2D eigenvalue weighted by Crippen LogP contribution is 2.23. The van der Waals surface area contributed by atoms with Gasteiger partial charge in [0, 0.05) is 24.3 Å². The Balaban J connectivity index is 1.98. The number of likely N-dealkylation sites (N-methyl/N-ethyl adjacent to an activating group) is 1. The monoisotopic (exact) mass is 430 g/mol. The number of aliphatic hydroxyl groups is 2. The van der Waals surface area contributed by atoms with Crippen LogP contribution in [0.2, 0.25) is 0 Å². The van der Waals surface area contributed by atoms with E-state index in [1.54, 1.807) is 36.4 Å². The summed E-state index contributed by atoms with van der Waals surface area (Å²) in [6, 6.07) is 13.2. The minimum absolute atomic E-state index is 0.125. The van der Waals surface area contributed by atoms with Crippen LogP contribution in [0.1, 0.15) is 16.8 Å². The van der Waals surface area contributed by atoms with Crippen molar-refractivity contribution in [3.05, 3.63) is 59.0 Å². The van der Waals surface area contributed by atoms with Crippen LogP contribution in [0, 0.1) is 4.91 Å². The van der Waals surface area contributed by atoms with Gasteiger partial charge in [-0.25, -0.2) is 0 Å². The van der Waals surface area contributed by atoms with E-state index in [2.05, 4.69) is 21.3 Å². The van der Waals surface area contributed by atoms with Crippen LogP contribution in [0.15, 0.2) is 53.8 Å². The average molecular weight is 430 g/mol. The van der Waals surface area contributed by atoms with Gasteiger partial charge in [0.1, 0.15) is 11.8 Å². The first kappa shape index (κ1) is 23.8. The van der Waals surface area contributed by atoms with E-state index in [0.717, 1.165) is 11.1 Å². The first-order valence-electron chi connectivity index (χ1n) is 9.68. The number of nitrogens with one attached hydrogen (secondary N) is 3. The van der Waals surface area contributed by atoms with Gasteiger partial charge in [0.2, 0.25) is 5.91 Å². The summed E-state index contributed by atoms with van der Waals surface area (Å²) in [5.74, 6) is -0.264.